The Kier molecular flexibility index (Phi) is 5.87. The van der Waals surface area contributed by atoms with Crippen LogP contribution in [0.2, 0.25) is 0 Å². The molecule has 0 fully saturated rings. The zero-order chi connectivity index (χ0) is 13.8. The van der Waals surface area contributed by atoms with Crippen LogP contribution >= 0.6 is 11.3 Å². The van der Waals surface area contributed by atoms with Crippen molar-refractivity contribution in [3.63, 3.8) is 0 Å². The number of nitrogens with one attached hydrogen (secondary N) is 1. The molecule has 18 heavy (non-hydrogen) atoms. The van der Waals surface area contributed by atoms with E-state index in [-0.39, 0.29) is 0 Å². The Morgan fingerprint density at radius 2 is 1.89 bits per heavy atom. The highest BCUT2D eigenvalue weighted by molar-refractivity contribution is 7.12. The summed E-state index contributed by atoms with van der Waals surface area (Å²) in [5, 5.41) is 3.52. The summed E-state index contributed by atoms with van der Waals surface area (Å²) in [5.74, 6) is 0. The summed E-state index contributed by atoms with van der Waals surface area (Å²) in [7, 11) is 0. The highest BCUT2D eigenvalue weighted by atomic mass is 32.1. The van der Waals surface area contributed by atoms with Crippen LogP contribution in [-0.4, -0.2) is 12.6 Å². The van der Waals surface area contributed by atoms with Crippen LogP contribution in [0.1, 0.15) is 55.9 Å². The normalized spacial score (nSPS) is 12.4. The Morgan fingerprint density at radius 1 is 1.22 bits per heavy atom. The second kappa shape index (κ2) is 6.72. The minimum Gasteiger partial charge on any atom is -0.315 e. The van der Waals surface area contributed by atoms with Gasteiger partial charge in [-0.25, -0.2) is 0 Å². The topological polar surface area (TPSA) is 12.0 Å². The van der Waals surface area contributed by atoms with Crippen LogP contribution in [0.25, 0.3) is 0 Å². The van der Waals surface area contributed by atoms with Crippen LogP contribution in [0.15, 0.2) is 6.07 Å². The van der Waals surface area contributed by atoms with Gasteiger partial charge in [-0.2, -0.15) is 0 Å². The maximum atomic E-state index is 3.52. The fourth-order valence-electron chi connectivity index (χ4n) is 2.23. The van der Waals surface area contributed by atoms with Gasteiger partial charge in [0.15, 0.2) is 0 Å². The molecule has 0 aliphatic carbocycles. The molecule has 1 nitrogen and oxygen atoms in total. The van der Waals surface area contributed by atoms with Crippen molar-refractivity contribution >= 4 is 11.3 Å². The molecule has 1 rings (SSSR count). The molecule has 0 aliphatic rings. The monoisotopic (exact) mass is 267 g/mol. The summed E-state index contributed by atoms with van der Waals surface area (Å²) in [5.41, 5.74) is 1.99. The zero-order valence-corrected chi connectivity index (χ0v) is 13.7. The average molecular weight is 267 g/mol. The summed E-state index contributed by atoms with van der Waals surface area (Å²) in [6, 6.07) is 2.96. The molecule has 1 N–H and O–H groups in total. The Balaban J connectivity index is 2.39. The van der Waals surface area contributed by atoms with Crippen molar-refractivity contribution in [1.82, 2.24) is 5.32 Å². The van der Waals surface area contributed by atoms with Crippen LogP contribution in [0.5, 0.6) is 0 Å². The van der Waals surface area contributed by atoms with Gasteiger partial charge in [0.2, 0.25) is 0 Å². The van der Waals surface area contributed by atoms with Crippen LogP contribution < -0.4 is 5.32 Å². The molecular formula is C16H29NS. The molecule has 1 heterocycles. The van der Waals surface area contributed by atoms with Gasteiger partial charge >= 0.3 is 0 Å². The predicted octanol–water partition coefficient (Wildman–Crippen LogP) is 4.71. The molecule has 0 bridgehead atoms. The maximum Gasteiger partial charge on any atom is 0.00490 e. The molecule has 1 aromatic rings. The van der Waals surface area contributed by atoms with E-state index in [2.05, 4.69) is 52.9 Å². The van der Waals surface area contributed by atoms with Gasteiger partial charge in [0.1, 0.15) is 0 Å². The lowest BCUT2D eigenvalue weighted by atomic mass is 9.83. The van der Waals surface area contributed by atoms with E-state index >= 15 is 0 Å². The summed E-state index contributed by atoms with van der Waals surface area (Å²) < 4.78 is 0. The Bertz CT molecular complexity index is 363. The highest BCUT2D eigenvalue weighted by Crippen LogP contribution is 2.29. The van der Waals surface area contributed by atoms with Gasteiger partial charge in [-0.15, -0.1) is 11.3 Å². The van der Waals surface area contributed by atoms with E-state index in [0.717, 1.165) is 6.54 Å². The van der Waals surface area contributed by atoms with Gasteiger partial charge in [-0.3, -0.25) is 0 Å². The van der Waals surface area contributed by atoms with Crippen LogP contribution in [0.3, 0.4) is 0 Å². The van der Waals surface area contributed by atoms with E-state index in [1.807, 2.05) is 11.3 Å². The van der Waals surface area contributed by atoms with Gasteiger partial charge < -0.3 is 5.32 Å². The van der Waals surface area contributed by atoms with Crippen LogP contribution in [0, 0.1) is 19.3 Å². The molecule has 0 aliphatic heterocycles. The standard InChI is InChI=1S/C16H29NS/c1-12(2)17-10-9-16(5,6)8-7-15-11-13(3)18-14(15)4/h11-12,17H,7-10H2,1-6H3. The highest BCUT2D eigenvalue weighted by Gasteiger charge is 2.18. The fourth-order valence-corrected chi connectivity index (χ4v) is 3.21. The van der Waals surface area contributed by atoms with E-state index in [0.29, 0.717) is 11.5 Å². The lowest BCUT2D eigenvalue weighted by Gasteiger charge is -2.25. The van der Waals surface area contributed by atoms with Gasteiger partial charge in [0, 0.05) is 15.8 Å². The molecule has 2 heteroatoms. The van der Waals surface area contributed by atoms with Crippen molar-refractivity contribution in [2.24, 2.45) is 5.41 Å². The van der Waals surface area contributed by atoms with Crippen molar-refractivity contribution in [2.45, 2.75) is 66.8 Å². The van der Waals surface area contributed by atoms with E-state index < -0.39 is 0 Å². The van der Waals surface area contributed by atoms with E-state index in [1.54, 1.807) is 5.56 Å². The molecule has 0 radical (unpaired) electrons. The largest absolute Gasteiger partial charge is 0.315 e. The minimum atomic E-state index is 0.435. The lowest BCUT2D eigenvalue weighted by Crippen LogP contribution is -2.28. The fraction of sp³-hybridized carbons (Fsp3) is 0.750. The van der Waals surface area contributed by atoms with Gasteiger partial charge in [0.05, 0.1) is 0 Å². The van der Waals surface area contributed by atoms with Gasteiger partial charge in [0.25, 0.3) is 0 Å². The molecule has 0 amide bonds. The zero-order valence-electron chi connectivity index (χ0n) is 12.9. The molecule has 0 aromatic carbocycles. The second-order valence-corrected chi connectivity index (χ2v) is 7.92. The smallest absolute Gasteiger partial charge is 0.00490 e. The van der Waals surface area contributed by atoms with Crippen LogP contribution in [-0.2, 0) is 6.42 Å². The first-order valence-corrected chi connectivity index (χ1v) is 7.91. The third-order valence-electron chi connectivity index (χ3n) is 3.57. The summed E-state index contributed by atoms with van der Waals surface area (Å²) in [6.07, 6.45) is 3.77. The SMILES string of the molecule is Cc1cc(CCC(C)(C)CCNC(C)C)c(C)s1. The third kappa shape index (κ3) is 5.53. The van der Waals surface area contributed by atoms with Crippen molar-refractivity contribution in [3.8, 4) is 0 Å². The molecular weight excluding hydrogens is 238 g/mol. The van der Waals surface area contributed by atoms with Gasteiger partial charge in [-0.1, -0.05) is 27.7 Å². The third-order valence-corrected chi connectivity index (χ3v) is 4.58. The first-order valence-electron chi connectivity index (χ1n) is 7.09. The minimum absolute atomic E-state index is 0.435. The molecule has 1 aromatic heterocycles. The summed E-state index contributed by atoms with van der Waals surface area (Å²) in [6.45, 7) is 14.8. The van der Waals surface area contributed by atoms with E-state index in [9.17, 15) is 0 Å². The van der Waals surface area contributed by atoms with E-state index in [4.69, 9.17) is 0 Å². The van der Waals surface area contributed by atoms with Gasteiger partial charge in [-0.05, 0) is 56.7 Å². The Morgan fingerprint density at radius 3 is 2.39 bits per heavy atom. The molecule has 0 saturated heterocycles. The molecule has 0 saturated carbocycles. The quantitative estimate of drug-likeness (QED) is 0.754. The molecule has 0 spiro atoms. The first-order chi connectivity index (χ1) is 8.30. The lowest BCUT2D eigenvalue weighted by molar-refractivity contribution is 0.298. The number of rotatable bonds is 7. The summed E-state index contributed by atoms with van der Waals surface area (Å²) in [4.78, 5) is 2.95. The number of aryl methyl sites for hydroxylation is 3. The Hall–Kier alpha value is -0.340. The van der Waals surface area contributed by atoms with Crippen molar-refractivity contribution in [2.75, 3.05) is 6.54 Å². The molecule has 104 valence electrons. The van der Waals surface area contributed by atoms with Crippen molar-refractivity contribution in [3.05, 3.63) is 21.4 Å². The number of thiophene rings is 1. The summed E-state index contributed by atoms with van der Waals surface area (Å²) >= 11 is 1.93. The number of hydrogen-bond donors (Lipinski definition) is 1. The second-order valence-electron chi connectivity index (χ2n) is 6.46. The van der Waals surface area contributed by atoms with Crippen molar-refractivity contribution < 1.29 is 0 Å². The first kappa shape index (κ1) is 15.7. The molecule has 0 atom stereocenters. The average Bonchev–Trinajstić information content (AvgIpc) is 2.53. The maximum absolute atomic E-state index is 3.52. The molecule has 0 unspecified atom stereocenters. The number of hydrogen-bond acceptors (Lipinski definition) is 2. The van der Waals surface area contributed by atoms with Crippen molar-refractivity contribution in [1.29, 1.82) is 0 Å². The van der Waals surface area contributed by atoms with E-state index in [1.165, 1.54) is 29.0 Å². The predicted molar refractivity (Wildman–Crippen MR) is 83.7 cm³/mol. The van der Waals surface area contributed by atoms with Crippen LogP contribution in [0.4, 0.5) is 0 Å². The Labute approximate surface area is 117 Å².